The molecule has 5 heteroatoms. The molecule has 0 aliphatic heterocycles. The SMILES string of the molecule is Cc1ccc(S(=O)(=O)OCC2(c3cccc(Cl)c3)CCC2)cc1. The summed E-state index contributed by atoms with van der Waals surface area (Å²) >= 11 is 6.07. The zero-order valence-electron chi connectivity index (χ0n) is 13.0. The summed E-state index contributed by atoms with van der Waals surface area (Å²) in [6, 6.07) is 14.3. The second-order valence-electron chi connectivity index (χ2n) is 6.17. The molecule has 3 nitrogen and oxygen atoms in total. The monoisotopic (exact) mass is 350 g/mol. The third-order valence-corrected chi connectivity index (χ3v) is 6.06. The first-order valence-corrected chi connectivity index (χ1v) is 9.42. The molecule has 1 saturated carbocycles. The zero-order valence-corrected chi connectivity index (χ0v) is 14.5. The molecule has 0 atom stereocenters. The van der Waals surface area contributed by atoms with Crippen LogP contribution in [0.2, 0.25) is 5.02 Å². The Kier molecular flexibility index (Phi) is 4.50. The lowest BCUT2D eigenvalue weighted by Gasteiger charge is -2.41. The van der Waals surface area contributed by atoms with Crippen LogP contribution >= 0.6 is 11.6 Å². The van der Waals surface area contributed by atoms with Crippen LogP contribution in [-0.2, 0) is 19.7 Å². The smallest absolute Gasteiger partial charge is 0.265 e. The molecule has 0 unspecified atom stereocenters. The number of hydrogen-bond donors (Lipinski definition) is 0. The first-order chi connectivity index (χ1) is 10.9. The molecule has 0 amide bonds. The van der Waals surface area contributed by atoms with E-state index in [0.717, 1.165) is 30.4 Å². The van der Waals surface area contributed by atoms with Gasteiger partial charge in [-0.05, 0) is 49.6 Å². The van der Waals surface area contributed by atoms with Gasteiger partial charge in [0.05, 0.1) is 11.5 Å². The highest BCUT2D eigenvalue weighted by molar-refractivity contribution is 7.86. The first-order valence-electron chi connectivity index (χ1n) is 7.64. The molecule has 3 rings (SSSR count). The van der Waals surface area contributed by atoms with Gasteiger partial charge in [0, 0.05) is 10.4 Å². The number of hydrogen-bond acceptors (Lipinski definition) is 3. The molecule has 0 bridgehead atoms. The highest BCUT2D eigenvalue weighted by Gasteiger charge is 2.40. The van der Waals surface area contributed by atoms with Crippen LogP contribution in [0.5, 0.6) is 0 Å². The average molecular weight is 351 g/mol. The van der Waals surface area contributed by atoms with Gasteiger partial charge < -0.3 is 0 Å². The van der Waals surface area contributed by atoms with Gasteiger partial charge in [-0.3, -0.25) is 4.18 Å². The highest BCUT2D eigenvalue weighted by Crippen LogP contribution is 2.45. The van der Waals surface area contributed by atoms with Crippen LogP contribution in [0, 0.1) is 6.92 Å². The summed E-state index contributed by atoms with van der Waals surface area (Å²) < 4.78 is 30.1. The summed E-state index contributed by atoms with van der Waals surface area (Å²) in [6.45, 7) is 2.07. The lowest BCUT2D eigenvalue weighted by atomic mass is 9.65. The Morgan fingerprint density at radius 1 is 1.13 bits per heavy atom. The fraction of sp³-hybridized carbons (Fsp3) is 0.333. The van der Waals surface area contributed by atoms with Crippen molar-refractivity contribution < 1.29 is 12.6 Å². The fourth-order valence-corrected chi connectivity index (χ4v) is 4.08. The van der Waals surface area contributed by atoms with Crippen LogP contribution in [0.25, 0.3) is 0 Å². The second kappa shape index (κ2) is 6.27. The second-order valence-corrected chi connectivity index (χ2v) is 8.23. The normalized spacial score (nSPS) is 16.8. The summed E-state index contributed by atoms with van der Waals surface area (Å²) in [7, 11) is -3.74. The van der Waals surface area contributed by atoms with Gasteiger partial charge in [-0.2, -0.15) is 8.42 Å². The first kappa shape index (κ1) is 16.5. The third-order valence-electron chi connectivity index (χ3n) is 4.55. The Morgan fingerprint density at radius 3 is 2.39 bits per heavy atom. The molecule has 23 heavy (non-hydrogen) atoms. The van der Waals surface area contributed by atoms with Crippen LogP contribution in [0.1, 0.15) is 30.4 Å². The molecular weight excluding hydrogens is 332 g/mol. The zero-order chi connectivity index (χ0) is 16.5. The van der Waals surface area contributed by atoms with E-state index in [1.54, 1.807) is 24.3 Å². The molecule has 0 saturated heterocycles. The van der Waals surface area contributed by atoms with Gasteiger partial charge in [0.25, 0.3) is 10.1 Å². The topological polar surface area (TPSA) is 43.4 Å². The minimum atomic E-state index is -3.74. The van der Waals surface area contributed by atoms with Gasteiger partial charge in [-0.1, -0.05) is 47.9 Å². The van der Waals surface area contributed by atoms with Crippen LogP contribution in [0.4, 0.5) is 0 Å². The molecule has 2 aromatic rings. The predicted molar refractivity (Wildman–Crippen MR) is 91.3 cm³/mol. The maximum Gasteiger partial charge on any atom is 0.297 e. The molecule has 1 aliphatic carbocycles. The largest absolute Gasteiger partial charge is 0.297 e. The van der Waals surface area contributed by atoms with Crippen molar-refractivity contribution in [2.24, 2.45) is 0 Å². The summed E-state index contributed by atoms with van der Waals surface area (Å²) in [5.74, 6) is 0. The van der Waals surface area contributed by atoms with Crippen molar-refractivity contribution in [3.05, 3.63) is 64.7 Å². The number of rotatable bonds is 5. The van der Waals surface area contributed by atoms with Crippen molar-refractivity contribution in [3.8, 4) is 0 Å². The fourth-order valence-electron chi connectivity index (χ4n) is 2.90. The maximum atomic E-state index is 12.4. The Bertz CT molecular complexity index is 793. The van der Waals surface area contributed by atoms with Gasteiger partial charge >= 0.3 is 0 Å². The van der Waals surface area contributed by atoms with Crippen molar-refractivity contribution >= 4 is 21.7 Å². The average Bonchev–Trinajstić information content (AvgIpc) is 2.46. The number of aryl methyl sites for hydroxylation is 1. The summed E-state index contributed by atoms with van der Waals surface area (Å²) in [5, 5.41) is 0.662. The molecule has 2 aromatic carbocycles. The van der Waals surface area contributed by atoms with Gasteiger partial charge in [-0.25, -0.2) is 0 Å². The highest BCUT2D eigenvalue weighted by atomic mass is 35.5. The van der Waals surface area contributed by atoms with Crippen molar-refractivity contribution in [3.63, 3.8) is 0 Å². The van der Waals surface area contributed by atoms with Crippen molar-refractivity contribution in [2.75, 3.05) is 6.61 Å². The molecular formula is C18H19ClO3S. The van der Waals surface area contributed by atoms with Gasteiger partial charge in [0.15, 0.2) is 0 Å². The van der Waals surface area contributed by atoms with E-state index < -0.39 is 10.1 Å². The minimum Gasteiger partial charge on any atom is -0.265 e. The quantitative estimate of drug-likeness (QED) is 0.747. The molecule has 0 aromatic heterocycles. The molecule has 0 spiro atoms. The van der Waals surface area contributed by atoms with Crippen LogP contribution in [0.15, 0.2) is 53.4 Å². The maximum absolute atomic E-state index is 12.4. The Balaban J connectivity index is 1.79. The lowest BCUT2D eigenvalue weighted by Crippen LogP contribution is -2.39. The van der Waals surface area contributed by atoms with Crippen LogP contribution in [-0.4, -0.2) is 15.0 Å². The standard InChI is InChI=1S/C18H19ClO3S/c1-14-6-8-17(9-7-14)23(20,21)22-13-18(10-3-11-18)15-4-2-5-16(19)12-15/h2,4-9,12H,3,10-11,13H2,1H3. The van der Waals surface area contributed by atoms with Crippen molar-refractivity contribution in [1.29, 1.82) is 0 Å². The van der Waals surface area contributed by atoms with Gasteiger partial charge in [-0.15, -0.1) is 0 Å². The van der Waals surface area contributed by atoms with E-state index in [-0.39, 0.29) is 16.9 Å². The third kappa shape index (κ3) is 3.44. The Hall–Kier alpha value is -1.36. The van der Waals surface area contributed by atoms with E-state index in [9.17, 15) is 8.42 Å². The van der Waals surface area contributed by atoms with Crippen LogP contribution < -0.4 is 0 Å². The van der Waals surface area contributed by atoms with Crippen molar-refractivity contribution in [1.82, 2.24) is 0 Å². The van der Waals surface area contributed by atoms with Crippen LogP contribution in [0.3, 0.4) is 0 Å². The van der Waals surface area contributed by atoms with E-state index in [1.165, 1.54) is 0 Å². The van der Waals surface area contributed by atoms with E-state index in [1.807, 2.05) is 31.2 Å². The van der Waals surface area contributed by atoms with E-state index >= 15 is 0 Å². The molecule has 122 valence electrons. The van der Waals surface area contributed by atoms with E-state index in [4.69, 9.17) is 15.8 Å². The molecule has 1 aliphatic rings. The molecule has 0 N–H and O–H groups in total. The predicted octanol–water partition coefficient (Wildman–Crippen LogP) is 4.48. The van der Waals surface area contributed by atoms with Crippen molar-refractivity contribution in [2.45, 2.75) is 36.5 Å². The van der Waals surface area contributed by atoms with E-state index in [2.05, 4.69) is 0 Å². The van der Waals surface area contributed by atoms with Gasteiger partial charge in [0.2, 0.25) is 0 Å². The van der Waals surface area contributed by atoms with Gasteiger partial charge in [0.1, 0.15) is 0 Å². The summed E-state index contributed by atoms with van der Waals surface area (Å²) in [4.78, 5) is 0.198. The Morgan fingerprint density at radius 2 is 1.83 bits per heavy atom. The molecule has 1 fully saturated rings. The summed E-state index contributed by atoms with van der Waals surface area (Å²) in [5.41, 5.74) is 1.82. The number of halogens is 1. The summed E-state index contributed by atoms with van der Waals surface area (Å²) in [6.07, 6.45) is 2.90. The van der Waals surface area contributed by atoms with E-state index in [0.29, 0.717) is 5.02 Å². The lowest BCUT2D eigenvalue weighted by molar-refractivity contribution is 0.140. The molecule has 0 radical (unpaired) electrons. The molecule has 0 heterocycles. The Labute approximate surface area is 142 Å². The minimum absolute atomic E-state index is 0.156. The number of benzene rings is 2.